The van der Waals surface area contributed by atoms with Crippen molar-refractivity contribution in [1.82, 2.24) is 0 Å². The second kappa shape index (κ2) is 5.97. The van der Waals surface area contributed by atoms with E-state index in [1.807, 2.05) is 0 Å². The lowest BCUT2D eigenvalue weighted by atomic mass is 9.85. The summed E-state index contributed by atoms with van der Waals surface area (Å²) in [7, 11) is 0. The third-order valence-electron chi connectivity index (χ3n) is 3.70. The van der Waals surface area contributed by atoms with Gasteiger partial charge in [0.25, 0.3) is 0 Å². The number of rotatable bonds is 4. The van der Waals surface area contributed by atoms with Gasteiger partial charge in [-0.05, 0) is 35.4 Å². The fourth-order valence-corrected chi connectivity index (χ4v) is 2.44. The van der Waals surface area contributed by atoms with Crippen LogP contribution in [0.4, 0.5) is 0 Å². The Morgan fingerprint density at radius 3 is 1.23 bits per heavy atom. The highest BCUT2D eigenvalue weighted by molar-refractivity contribution is 5.91. The Balaban J connectivity index is 2.29. The molecule has 4 N–H and O–H groups in total. The highest BCUT2D eigenvalue weighted by atomic mass is 16.3. The third kappa shape index (κ3) is 3.31. The number of Topliss-reactive ketones (excluding diaryl/α,β-unsaturated/α-hetero) is 1. The van der Waals surface area contributed by atoms with Crippen LogP contribution in [0.3, 0.4) is 0 Å². The zero-order chi connectivity index (χ0) is 16.4. The second-order valence-corrected chi connectivity index (χ2v) is 5.41. The van der Waals surface area contributed by atoms with Gasteiger partial charge in [0.2, 0.25) is 0 Å². The fourth-order valence-electron chi connectivity index (χ4n) is 2.44. The first-order valence-corrected chi connectivity index (χ1v) is 6.87. The highest BCUT2D eigenvalue weighted by Crippen LogP contribution is 2.32. The minimum atomic E-state index is -0.558. The molecule has 2 aromatic rings. The lowest BCUT2D eigenvalue weighted by Gasteiger charge is -2.18. The number of hydrogen-bond acceptors (Lipinski definition) is 5. The van der Waals surface area contributed by atoms with E-state index in [2.05, 4.69) is 0 Å². The zero-order valence-corrected chi connectivity index (χ0v) is 12.3. The Morgan fingerprint density at radius 1 is 0.682 bits per heavy atom. The van der Waals surface area contributed by atoms with Gasteiger partial charge in [-0.2, -0.15) is 0 Å². The van der Waals surface area contributed by atoms with Crippen molar-refractivity contribution in [2.75, 3.05) is 0 Å². The number of benzene rings is 2. The molecule has 0 radical (unpaired) electrons. The Labute approximate surface area is 128 Å². The van der Waals surface area contributed by atoms with Crippen molar-refractivity contribution in [2.24, 2.45) is 0 Å². The number of carbonyl (C=O) groups excluding carboxylic acids is 1. The minimum Gasteiger partial charge on any atom is -0.508 e. The van der Waals surface area contributed by atoms with E-state index in [0.29, 0.717) is 11.1 Å². The van der Waals surface area contributed by atoms with Crippen LogP contribution in [0.2, 0.25) is 0 Å². The van der Waals surface area contributed by atoms with Gasteiger partial charge in [-0.1, -0.05) is 13.8 Å². The molecule has 0 aromatic heterocycles. The van der Waals surface area contributed by atoms with Gasteiger partial charge in [0.15, 0.2) is 0 Å². The molecule has 0 bridgehead atoms. The number of carbonyl (C=O) groups is 1. The monoisotopic (exact) mass is 302 g/mol. The SMILES string of the molecule is CC(C(=O)C(C)c1cc(O)cc(O)c1)c1cc(O)cc(O)c1. The van der Waals surface area contributed by atoms with Crippen molar-refractivity contribution in [3.63, 3.8) is 0 Å². The fraction of sp³-hybridized carbons (Fsp3) is 0.235. The van der Waals surface area contributed by atoms with Gasteiger partial charge < -0.3 is 20.4 Å². The Morgan fingerprint density at radius 2 is 0.955 bits per heavy atom. The number of ketones is 1. The summed E-state index contributed by atoms with van der Waals surface area (Å²) in [5.74, 6) is -1.73. The first-order valence-electron chi connectivity index (χ1n) is 6.87. The first-order chi connectivity index (χ1) is 10.3. The molecule has 2 unspecified atom stereocenters. The van der Waals surface area contributed by atoms with E-state index in [1.54, 1.807) is 13.8 Å². The van der Waals surface area contributed by atoms with E-state index in [-0.39, 0.29) is 28.8 Å². The number of aromatic hydroxyl groups is 4. The van der Waals surface area contributed by atoms with Crippen LogP contribution in [0.5, 0.6) is 23.0 Å². The summed E-state index contributed by atoms with van der Waals surface area (Å²) in [6.45, 7) is 3.35. The van der Waals surface area contributed by atoms with Gasteiger partial charge in [0, 0.05) is 24.0 Å². The maximum Gasteiger partial charge on any atom is 0.147 e. The van der Waals surface area contributed by atoms with Crippen molar-refractivity contribution in [3.8, 4) is 23.0 Å². The summed E-state index contributed by atoms with van der Waals surface area (Å²) in [4.78, 5) is 12.6. The van der Waals surface area contributed by atoms with E-state index in [9.17, 15) is 25.2 Å². The standard InChI is InChI=1S/C17H18O5/c1-9(11-3-13(18)7-14(19)4-11)17(22)10(2)12-5-15(20)8-16(21)6-12/h3-10,18-21H,1-2H3. The lowest BCUT2D eigenvalue weighted by molar-refractivity contribution is -0.121. The van der Waals surface area contributed by atoms with Crippen molar-refractivity contribution >= 4 is 5.78 Å². The topological polar surface area (TPSA) is 98.0 Å². The predicted octanol–water partition coefficient (Wildman–Crippen LogP) is 2.99. The van der Waals surface area contributed by atoms with Gasteiger partial charge in [-0.25, -0.2) is 0 Å². The van der Waals surface area contributed by atoms with Crippen molar-refractivity contribution in [3.05, 3.63) is 47.5 Å². The molecule has 5 heteroatoms. The Hall–Kier alpha value is -2.69. The van der Waals surface area contributed by atoms with Crippen LogP contribution in [0.25, 0.3) is 0 Å². The molecule has 0 heterocycles. The predicted molar refractivity (Wildman–Crippen MR) is 81.4 cm³/mol. The lowest BCUT2D eigenvalue weighted by Crippen LogP contribution is -2.16. The third-order valence-corrected chi connectivity index (χ3v) is 3.70. The van der Waals surface area contributed by atoms with E-state index >= 15 is 0 Å². The molecule has 22 heavy (non-hydrogen) atoms. The van der Waals surface area contributed by atoms with Crippen molar-refractivity contribution in [2.45, 2.75) is 25.7 Å². The first kappa shape index (κ1) is 15.7. The van der Waals surface area contributed by atoms with Gasteiger partial charge in [0.05, 0.1) is 0 Å². The number of hydrogen-bond donors (Lipinski definition) is 4. The summed E-state index contributed by atoms with van der Waals surface area (Å²) < 4.78 is 0. The van der Waals surface area contributed by atoms with Gasteiger partial charge in [-0.3, -0.25) is 4.79 Å². The maximum absolute atomic E-state index is 12.6. The number of phenols is 4. The quantitative estimate of drug-likeness (QED) is 0.696. The molecule has 2 atom stereocenters. The van der Waals surface area contributed by atoms with E-state index < -0.39 is 11.8 Å². The van der Waals surface area contributed by atoms with Crippen LogP contribution >= 0.6 is 0 Å². The van der Waals surface area contributed by atoms with Crippen molar-refractivity contribution in [1.29, 1.82) is 0 Å². The smallest absolute Gasteiger partial charge is 0.147 e. The molecule has 0 saturated carbocycles. The normalized spacial score (nSPS) is 13.5. The molecule has 116 valence electrons. The van der Waals surface area contributed by atoms with E-state index in [0.717, 1.165) is 0 Å². The molecule has 0 spiro atoms. The molecule has 5 nitrogen and oxygen atoms in total. The average molecular weight is 302 g/mol. The summed E-state index contributed by atoms with van der Waals surface area (Å²) >= 11 is 0. The Kier molecular flexibility index (Phi) is 4.26. The molecular weight excluding hydrogens is 284 g/mol. The molecule has 0 saturated heterocycles. The molecular formula is C17H18O5. The van der Waals surface area contributed by atoms with Crippen LogP contribution in [-0.2, 0) is 4.79 Å². The van der Waals surface area contributed by atoms with E-state index in [4.69, 9.17) is 0 Å². The van der Waals surface area contributed by atoms with Crippen LogP contribution in [0.15, 0.2) is 36.4 Å². The molecule has 2 rings (SSSR count). The minimum absolute atomic E-state index is 0.114. The van der Waals surface area contributed by atoms with Gasteiger partial charge >= 0.3 is 0 Å². The number of phenolic OH excluding ortho intramolecular Hbond substituents is 4. The van der Waals surface area contributed by atoms with Crippen LogP contribution in [0.1, 0.15) is 36.8 Å². The molecule has 0 aliphatic carbocycles. The maximum atomic E-state index is 12.6. The van der Waals surface area contributed by atoms with Gasteiger partial charge in [-0.15, -0.1) is 0 Å². The highest BCUT2D eigenvalue weighted by Gasteiger charge is 2.24. The van der Waals surface area contributed by atoms with Crippen LogP contribution in [0, 0.1) is 0 Å². The van der Waals surface area contributed by atoms with Gasteiger partial charge in [0.1, 0.15) is 28.8 Å². The molecule has 0 aliphatic rings. The van der Waals surface area contributed by atoms with Crippen molar-refractivity contribution < 1.29 is 25.2 Å². The summed E-state index contributed by atoms with van der Waals surface area (Å²) in [5.41, 5.74) is 0.998. The zero-order valence-electron chi connectivity index (χ0n) is 12.3. The molecule has 2 aromatic carbocycles. The summed E-state index contributed by atoms with van der Waals surface area (Å²) in [6.07, 6.45) is 0. The molecule has 0 amide bonds. The molecule has 0 fully saturated rings. The summed E-state index contributed by atoms with van der Waals surface area (Å²) in [5, 5.41) is 38.1. The average Bonchev–Trinajstić information content (AvgIpc) is 2.42. The van der Waals surface area contributed by atoms with Crippen LogP contribution < -0.4 is 0 Å². The Bertz CT molecular complexity index is 608. The van der Waals surface area contributed by atoms with Crippen LogP contribution in [-0.4, -0.2) is 26.2 Å². The summed E-state index contributed by atoms with van der Waals surface area (Å²) in [6, 6.07) is 8.09. The molecule has 0 aliphatic heterocycles. The van der Waals surface area contributed by atoms with E-state index in [1.165, 1.54) is 36.4 Å². The second-order valence-electron chi connectivity index (χ2n) is 5.41. The largest absolute Gasteiger partial charge is 0.508 e.